The molecule has 1 N–H and O–H groups in total. The van der Waals surface area contributed by atoms with Crippen molar-refractivity contribution in [1.29, 1.82) is 0 Å². The van der Waals surface area contributed by atoms with Crippen molar-refractivity contribution >= 4 is 11.7 Å². The molecule has 9 heteroatoms. The Morgan fingerprint density at radius 1 is 1.29 bits per heavy atom. The summed E-state index contributed by atoms with van der Waals surface area (Å²) in [5.41, 5.74) is 0.805. The van der Waals surface area contributed by atoms with Crippen molar-refractivity contribution < 1.29 is 9.21 Å². The highest BCUT2D eigenvalue weighted by Crippen LogP contribution is 2.04. The van der Waals surface area contributed by atoms with E-state index in [1.807, 2.05) is 13.8 Å². The second-order valence-electron chi connectivity index (χ2n) is 4.39. The van der Waals surface area contributed by atoms with E-state index >= 15 is 0 Å². The van der Waals surface area contributed by atoms with Crippen molar-refractivity contribution in [2.24, 2.45) is 0 Å². The van der Waals surface area contributed by atoms with Crippen LogP contribution < -0.4 is 5.32 Å². The first kappa shape index (κ1) is 13.2. The predicted octanol–water partition coefficient (Wildman–Crippen LogP) is 0.308. The lowest BCUT2D eigenvalue weighted by Gasteiger charge is -2.00. The van der Waals surface area contributed by atoms with Gasteiger partial charge in [0.2, 0.25) is 17.6 Å². The number of carbonyl (C=O) groups excluding carboxylic acids is 1. The highest BCUT2D eigenvalue weighted by atomic mass is 16.4. The molecule has 3 heterocycles. The number of hydrogen-bond donors (Lipinski definition) is 1. The van der Waals surface area contributed by atoms with Crippen LogP contribution in [0.1, 0.15) is 35.0 Å². The molecule has 3 aromatic heterocycles. The molecule has 0 unspecified atom stereocenters. The van der Waals surface area contributed by atoms with Crippen molar-refractivity contribution in [1.82, 2.24) is 35.1 Å². The molecule has 0 atom stereocenters. The lowest BCUT2D eigenvalue weighted by atomic mass is 10.4. The van der Waals surface area contributed by atoms with E-state index in [0.717, 1.165) is 5.69 Å². The van der Waals surface area contributed by atoms with Crippen molar-refractivity contribution in [3.8, 4) is 0 Å². The van der Waals surface area contributed by atoms with Crippen LogP contribution in [0.2, 0.25) is 0 Å². The van der Waals surface area contributed by atoms with Gasteiger partial charge in [-0.25, -0.2) is 4.98 Å². The van der Waals surface area contributed by atoms with Crippen LogP contribution in [0.25, 0.3) is 5.78 Å². The van der Waals surface area contributed by atoms with Gasteiger partial charge < -0.3 is 9.73 Å². The second-order valence-corrected chi connectivity index (χ2v) is 4.39. The summed E-state index contributed by atoms with van der Waals surface area (Å²) in [5, 5.41) is 18.0. The summed E-state index contributed by atoms with van der Waals surface area (Å²) in [6, 6.07) is 1.78. The number of amides is 1. The molecule has 0 saturated heterocycles. The first-order valence-electron chi connectivity index (χ1n) is 6.45. The van der Waals surface area contributed by atoms with Crippen molar-refractivity contribution in [2.45, 2.75) is 26.8 Å². The van der Waals surface area contributed by atoms with Crippen LogP contribution in [0.3, 0.4) is 0 Å². The molecule has 0 aliphatic carbocycles. The molecule has 108 valence electrons. The minimum Gasteiger partial charge on any atom is -0.423 e. The van der Waals surface area contributed by atoms with Crippen molar-refractivity contribution in [2.75, 3.05) is 0 Å². The normalized spacial score (nSPS) is 11.0. The van der Waals surface area contributed by atoms with Crippen LogP contribution in [0.5, 0.6) is 0 Å². The van der Waals surface area contributed by atoms with E-state index in [4.69, 9.17) is 4.42 Å². The van der Waals surface area contributed by atoms with Gasteiger partial charge in [-0.1, -0.05) is 6.92 Å². The van der Waals surface area contributed by atoms with E-state index in [1.165, 1.54) is 4.40 Å². The number of fused-ring (bicyclic) bond motifs is 1. The third kappa shape index (κ3) is 2.57. The summed E-state index contributed by atoms with van der Waals surface area (Å²) in [7, 11) is 0. The number of carbonyl (C=O) groups is 1. The molecule has 0 spiro atoms. The van der Waals surface area contributed by atoms with Crippen molar-refractivity contribution in [3.63, 3.8) is 0 Å². The Morgan fingerprint density at radius 2 is 2.10 bits per heavy atom. The lowest BCUT2D eigenvalue weighted by molar-refractivity contribution is 0.0935. The average Bonchev–Trinajstić information content (AvgIpc) is 3.10. The monoisotopic (exact) mass is 287 g/mol. The zero-order chi connectivity index (χ0) is 14.8. The quantitative estimate of drug-likeness (QED) is 0.734. The van der Waals surface area contributed by atoms with E-state index < -0.39 is 0 Å². The van der Waals surface area contributed by atoms with Gasteiger partial charge in [0.05, 0.1) is 6.54 Å². The molecule has 0 radical (unpaired) electrons. The molecule has 0 fully saturated rings. The van der Waals surface area contributed by atoms with E-state index in [9.17, 15) is 4.79 Å². The summed E-state index contributed by atoms with van der Waals surface area (Å²) in [6.45, 7) is 3.89. The third-order valence-corrected chi connectivity index (χ3v) is 2.83. The SMILES string of the molecule is CCc1nnc(CNC(=O)c2nnc3nc(C)ccn23)o1. The smallest absolute Gasteiger partial charge is 0.290 e. The van der Waals surface area contributed by atoms with Gasteiger partial charge in [-0.15, -0.1) is 20.4 Å². The topological polar surface area (TPSA) is 111 Å². The van der Waals surface area contributed by atoms with Gasteiger partial charge in [-0.3, -0.25) is 9.20 Å². The lowest BCUT2D eigenvalue weighted by Crippen LogP contribution is -2.25. The molecule has 0 saturated carbocycles. The standard InChI is InChI=1S/C12H13N7O2/c1-3-8-15-16-9(21-8)6-13-11(20)10-17-18-12-14-7(2)4-5-19(10)12/h4-5H,3,6H2,1-2H3,(H,13,20). The van der Waals surface area contributed by atoms with E-state index in [-0.39, 0.29) is 18.3 Å². The maximum absolute atomic E-state index is 12.1. The van der Waals surface area contributed by atoms with E-state index in [2.05, 4.69) is 30.7 Å². The van der Waals surface area contributed by atoms with Crippen molar-refractivity contribution in [3.05, 3.63) is 35.6 Å². The Bertz CT molecular complexity index is 792. The highest BCUT2D eigenvalue weighted by Gasteiger charge is 2.15. The molecule has 0 aromatic carbocycles. The molecule has 9 nitrogen and oxygen atoms in total. The number of hydrogen-bond acceptors (Lipinski definition) is 7. The molecule has 3 rings (SSSR count). The third-order valence-electron chi connectivity index (χ3n) is 2.83. The van der Waals surface area contributed by atoms with Crippen LogP contribution in [-0.2, 0) is 13.0 Å². The van der Waals surface area contributed by atoms with Gasteiger partial charge in [0.15, 0.2) is 0 Å². The molecular formula is C12H13N7O2. The molecule has 0 aliphatic rings. The van der Waals surface area contributed by atoms with Gasteiger partial charge >= 0.3 is 0 Å². The number of nitrogens with zero attached hydrogens (tertiary/aromatic N) is 6. The second kappa shape index (κ2) is 5.27. The van der Waals surface area contributed by atoms with E-state index in [0.29, 0.717) is 24.0 Å². The summed E-state index contributed by atoms with van der Waals surface area (Å²) >= 11 is 0. The molecule has 0 bridgehead atoms. The fraction of sp³-hybridized carbons (Fsp3) is 0.333. The van der Waals surface area contributed by atoms with Crippen LogP contribution in [0.4, 0.5) is 0 Å². The first-order chi connectivity index (χ1) is 10.2. The summed E-state index contributed by atoms with van der Waals surface area (Å²) in [5.74, 6) is 1.04. The molecule has 3 aromatic rings. The summed E-state index contributed by atoms with van der Waals surface area (Å²) in [4.78, 5) is 16.3. The number of aromatic nitrogens is 6. The number of aryl methyl sites for hydroxylation is 2. The largest absolute Gasteiger partial charge is 0.423 e. The molecule has 21 heavy (non-hydrogen) atoms. The summed E-state index contributed by atoms with van der Waals surface area (Å²) < 4.78 is 6.83. The maximum atomic E-state index is 12.1. The number of rotatable bonds is 4. The number of nitrogens with one attached hydrogen (secondary N) is 1. The Balaban J connectivity index is 1.74. The van der Waals surface area contributed by atoms with Gasteiger partial charge in [0.25, 0.3) is 11.7 Å². The summed E-state index contributed by atoms with van der Waals surface area (Å²) in [6.07, 6.45) is 2.36. The van der Waals surface area contributed by atoms with Gasteiger partial charge in [0, 0.05) is 18.3 Å². The molecule has 1 amide bonds. The highest BCUT2D eigenvalue weighted by molar-refractivity contribution is 5.91. The zero-order valence-corrected chi connectivity index (χ0v) is 11.6. The Morgan fingerprint density at radius 3 is 2.86 bits per heavy atom. The van der Waals surface area contributed by atoms with E-state index in [1.54, 1.807) is 12.3 Å². The Hall–Kier alpha value is -2.84. The molecule has 0 aliphatic heterocycles. The fourth-order valence-corrected chi connectivity index (χ4v) is 1.77. The van der Waals surface area contributed by atoms with Gasteiger partial charge in [0.1, 0.15) is 0 Å². The van der Waals surface area contributed by atoms with Crippen LogP contribution in [0, 0.1) is 6.92 Å². The minimum absolute atomic E-state index is 0.139. The Labute approximate surface area is 119 Å². The molecular weight excluding hydrogens is 274 g/mol. The predicted molar refractivity (Wildman–Crippen MR) is 70.4 cm³/mol. The van der Waals surface area contributed by atoms with Gasteiger partial charge in [-0.05, 0) is 13.0 Å². The van der Waals surface area contributed by atoms with Crippen LogP contribution in [-0.4, -0.2) is 35.7 Å². The minimum atomic E-state index is -0.385. The Kier molecular flexibility index (Phi) is 3.30. The maximum Gasteiger partial charge on any atom is 0.290 e. The first-order valence-corrected chi connectivity index (χ1v) is 6.45. The van der Waals surface area contributed by atoms with Crippen LogP contribution in [0.15, 0.2) is 16.7 Å². The zero-order valence-electron chi connectivity index (χ0n) is 11.6. The average molecular weight is 287 g/mol. The fourth-order valence-electron chi connectivity index (χ4n) is 1.77. The van der Waals surface area contributed by atoms with Crippen LogP contribution >= 0.6 is 0 Å². The van der Waals surface area contributed by atoms with Gasteiger partial charge in [-0.2, -0.15) is 0 Å².